The van der Waals surface area contributed by atoms with E-state index < -0.39 is 11.7 Å². The average molecular weight is 307 g/mol. The van der Waals surface area contributed by atoms with Crippen LogP contribution in [0.4, 0.5) is 24.7 Å². The van der Waals surface area contributed by atoms with Gasteiger partial charge in [0.15, 0.2) is 0 Å². The average Bonchev–Trinajstić information content (AvgIpc) is 2.46. The second-order valence-electron chi connectivity index (χ2n) is 4.73. The molecular weight excluding hydrogens is 295 g/mol. The van der Waals surface area contributed by atoms with Crippen LogP contribution in [-0.2, 0) is 6.18 Å². The first-order valence-electron chi connectivity index (χ1n) is 6.23. The lowest BCUT2D eigenvalue weighted by atomic mass is 10.1. The number of aromatic nitrogens is 1. The van der Waals surface area contributed by atoms with E-state index in [-0.39, 0.29) is 11.5 Å². The van der Waals surface area contributed by atoms with Gasteiger partial charge in [-0.05, 0) is 23.7 Å². The smallest absolute Gasteiger partial charge is 0.363 e. The molecule has 0 amide bonds. The number of halogens is 3. The molecule has 0 unspecified atom stereocenters. The van der Waals surface area contributed by atoms with E-state index in [9.17, 15) is 13.2 Å². The molecule has 0 saturated heterocycles. The van der Waals surface area contributed by atoms with Crippen molar-refractivity contribution in [2.45, 2.75) is 6.18 Å². The highest BCUT2D eigenvalue weighted by Crippen LogP contribution is 2.34. The van der Waals surface area contributed by atoms with Gasteiger partial charge in [0, 0.05) is 30.3 Å². The zero-order valence-electron chi connectivity index (χ0n) is 11.8. The highest BCUT2D eigenvalue weighted by molar-refractivity contribution is 5.66. The van der Waals surface area contributed by atoms with Gasteiger partial charge < -0.3 is 4.90 Å². The Morgan fingerprint density at radius 2 is 1.91 bits per heavy atom. The minimum Gasteiger partial charge on any atom is -0.363 e. The van der Waals surface area contributed by atoms with E-state index in [2.05, 4.69) is 15.0 Å². The third-order valence-corrected chi connectivity index (χ3v) is 2.90. The lowest BCUT2D eigenvalue weighted by Crippen LogP contribution is -2.14. The fourth-order valence-electron chi connectivity index (χ4n) is 1.84. The van der Waals surface area contributed by atoms with E-state index in [4.69, 9.17) is 5.53 Å². The molecule has 114 valence electrons. The molecule has 0 aliphatic heterocycles. The van der Waals surface area contributed by atoms with Crippen LogP contribution in [0.25, 0.3) is 21.7 Å². The lowest BCUT2D eigenvalue weighted by molar-refractivity contribution is -0.137. The summed E-state index contributed by atoms with van der Waals surface area (Å²) in [5.41, 5.74) is 8.57. The maximum Gasteiger partial charge on any atom is 0.416 e. The lowest BCUT2D eigenvalue weighted by Gasteiger charge is -2.16. The van der Waals surface area contributed by atoms with Crippen molar-refractivity contribution in [2.24, 2.45) is 5.11 Å². The Kier molecular flexibility index (Phi) is 4.23. The molecule has 0 atom stereocenters. The molecule has 0 N–H and O–H groups in total. The van der Waals surface area contributed by atoms with E-state index in [0.29, 0.717) is 11.3 Å². The Morgan fingerprint density at radius 3 is 2.50 bits per heavy atom. The molecule has 1 aromatic heterocycles. The van der Waals surface area contributed by atoms with Gasteiger partial charge in [0.1, 0.15) is 5.82 Å². The molecule has 0 bridgehead atoms. The van der Waals surface area contributed by atoms with E-state index >= 15 is 0 Å². The predicted octanol–water partition coefficient (Wildman–Crippen LogP) is 4.78. The van der Waals surface area contributed by atoms with E-state index in [1.54, 1.807) is 32.3 Å². The monoisotopic (exact) mass is 307 g/mol. The number of alkyl halides is 3. The summed E-state index contributed by atoms with van der Waals surface area (Å²) in [4.78, 5) is 8.36. The van der Waals surface area contributed by atoms with Crippen LogP contribution in [0.5, 0.6) is 0 Å². The number of hydrogen-bond acceptors (Lipinski definition) is 3. The predicted molar refractivity (Wildman–Crippen MR) is 77.8 cm³/mol. The van der Waals surface area contributed by atoms with Crippen molar-refractivity contribution in [2.75, 3.05) is 19.0 Å². The molecule has 8 heteroatoms. The molecule has 2 rings (SSSR count). The Morgan fingerprint density at radius 1 is 1.18 bits per heavy atom. The van der Waals surface area contributed by atoms with Crippen molar-refractivity contribution in [1.29, 1.82) is 0 Å². The number of anilines is 1. The first-order valence-corrected chi connectivity index (χ1v) is 6.23. The number of pyridine rings is 1. The van der Waals surface area contributed by atoms with Crippen LogP contribution in [-0.4, -0.2) is 19.1 Å². The molecule has 0 fully saturated rings. The Bertz CT molecular complexity index is 733. The summed E-state index contributed by atoms with van der Waals surface area (Å²) >= 11 is 0. The summed E-state index contributed by atoms with van der Waals surface area (Å²) in [6.45, 7) is 0. The highest BCUT2D eigenvalue weighted by Gasteiger charge is 2.32. The minimum absolute atomic E-state index is 0.161. The molecule has 1 aromatic carbocycles. The van der Waals surface area contributed by atoms with Crippen LogP contribution < -0.4 is 4.90 Å². The first-order chi connectivity index (χ1) is 10.3. The molecule has 1 heterocycles. The Labute approximate surface area is 124 Å². The zero-order valence-corrected chi connectivity index (χ0v) is 11.8. The number of rotatable bonds is 3. The molecule has 22 heavy (non-hydrogen) atoms. The molecule has 5 nitrogen and oxygen atoms in total. The molecule has 0 spiro atoms. The van der Waals surface area contributed by atoms with E-state index in [1.165, 1.54) is 11.0 Å². The van der Waals surface area contributed by atoms with Gasteiger partial charge in [-0.1, -0.05) is 23.3 Å². The number of hydrogen-bond donors (Lipinski definition) is 0. The van der Waals surface area contributed by atoms with Crippen molar-refractivity contribution < 1.29 is 13.2 Å². The van der Waals surface area contributed by atoms with Crippen molar-refractivity contribution in [1.82, 2.24) is 4.98 Å². The maximum absolute atomic E-state index is 13.0. The molecule has 0 aliphatic rings. The van der Waals surface area contributed by atoms with Crippen LogP contribution in [0.2, 0.25) is 0 Å². The maximum atomic E-state index is 13.0. The van der Waals surface area contributed by atoms with Gasteiger partial charge in [-0.15, -0.1) is 0 Å². The standard InChI is InChI=1S/C14H12F3N5/c1-22(2)13-8-10(14(15,16)17)7-12(19-13)9-4-3-5-11(6-9)20-21-18/h3-8H,1-2H3. The second-order valence-corrected chi connectivity index (χ2v) is 4.73. The van der Waals surface area contributed by atoms with Gasteiger partial charge >= 0.3 is 6.18 Å². The summed E-state index contributed by atoms with van der Waals surface area (Å²) in [7, 11) is 3.23. The quantitative estimate of drug-likeness (QED) is 0.465. The van der Waals surface area contributed by atoms with Gasteiger partial charge in [0.05, 0.1) is 11.3 Å². The second kappa shape index (κ2) is 5.95. The van der Waals surface area contributed by atoms with Crippen molar-refractivity contribution in [3.63, 3.8) is 0 Å². The summed E-state index contributed by atoms with van der Waals surface area (Å²) in [6.07, 6.45) is -4.47. The van der Waals surface area contributed by atoms with Crippen molar-refractivity contribution >= 4 is 11.5 Å². The Balaban J connectivity index is 2.61. The minimum atomic E-state index is -4.47. The third-order valence-electron chi connectivity index (χ3n) is 2.90. The molecular formula is C14H12F3N5. The SMILES string of the molecule is CN(C)c1cc(C(F)(F)F)cc(-c2cccc(N=[N+]=[N-])c2)n1. The molecule has 0 saturated carbocycles. The van der Waals surface area contributed by atoms with Crippen LogP contribution in [0.15, 0.2) is 41.5 Å². The van der Waals surface area contributed by atoms with E-state index in [0.717, 1.165) is 12.1 Å². The fraction of sp³-hybridized carbons (Fsp3) is 0.214. The van der Waals surface area contributed by atoms with Gasteiger partial charge in [-0.2, -0.15) is 13.2 Å². The van der Waals surface area contributed by atoms with Gasteiger partial charge in [0.25, 0.3) is 0 Å². The fourth-order valence-corrected chi connectivity index (χ4v) is 1.84. The molecule has 0 radical (unpaired) electrons. The number of nitrogens with zero attached hydrogens (tertiary/aromatic N) is 5. The van der Waals surface area contributed by atoms with Crippen LogP contribution in [0, 0.1) is 0 Å². The third kappa shape index (κ3) is 3.48. The van der Waals surface area contributed by atoms with Gasteiger partial charge in [-0.25, -0.2) is 4.98 Å². The van der Waals surface area contributed by atoms with Crippen LogP contribution >= 0.6 is 0 Å². The molecule has 2 aromatic rings. The van der Waals surface area contributed by atoms with Crippen LogP contribution in [0.1, 0.15) is 5.56 Å². The van der Waals surface area contributed by atoms with Crippen molar-refractivity contribution in [3.8, 4) is 11.3 Å². The largest absolute Gasteiger partial charge is 0.416 e. The van der Waals surface area contributed by atoms with Crippen LogP contribution in [0.3, 0.4) is 0 Å². The highest BCUT2D eigenvalue weighted by atomic mass is 19.4. The zero-order chi connectivity index (χ0) is 16.3. The summed E-state index contributed by atoms with van der Waals surface area (Å²) in [5, 5.41) is 3.44. The normalized spacial score (nSPS) is 11.0. The number of benzene rings is 1. The van der Waals surface area contributed by atoms with E-state index in [1.807, 2.05) is 0 Å². The Hall–Kier alpha value is -2.73. The van der Waals surface area contributed by atoms with Gasteiger partial charge in [-0.3, -0.25) is 0 Å². The summed E-state index contributed by atoms with van der Waals surface area (Å²) < 4.78 is 39.0. The topological polar surface area (TPSA) is 64.9 Å². The summed E-state index contributed by atoms with van der Waals surface area (Å²) in [5.74, 6) is 0.194. The summed E-state index contributed by atoms with van der Waals surface area (Å²) in [6, 6.07) is 8.21. The number of azide groups is 1. The van der Waals surface area contributed by atoms with Gasteiger partial charge in [0.2, 0.25) is 0 Å². The first kappa shape index (κ1) is 15.7. The van der Waals surface area contributed by atoms with Crippen molar-refractivity contribution in [3.05, 3.63) is 52.4 Å². The molecule has 0 aliphatic carbocycles.